The van der Waals surface area contributed by atoms with Crippen LogP contribution in [0.5, 0.6) is 0 Å². The van der Waals surface area contributed by atoms with Crippen molar-refractivity contribution in [3.8, 4) is 0 Å². The van der Waals surface area contributed by atoms with Gasteiger partial charge in [-0.3, -0.25) is 4.79 Å². The molecule has 2 bridgehead atoms. The molecule has 14 heavy (non-hydrogen) atoms. The highest BCUT2D eigenvalue weighted by atomic mass is 35.5. The van der Waals surface area contributed by atoms with Crippen molar-refractivity contribution in [1.82, 2.24) is 0 Å². The van der Waals surface area contributed by atoms with E-state index < -0.39 is 5.38 Å². The second kappa shape index (κ2) is 4.24. The smallest absolute Gasteiger partial charge is 0.152 e. The van der Waals surface area contributed by atoms with Gasteiger partial charge in [0.2, 0.25) is 0 Å². The number of carbonyl (C=O) groups excluding carboxylic acids is 1. The molecule has 0 N–H and O–H groups in total. The summed E-state index contributed by atoms with van der Waals surface area (Å²) in [4.78, 5) is 11.6. The lowest BCUT2D eigenvalue weighted by molar-refractivity contribution is -0.119. The van der Waals surface area contributed by atoms with Crippen molar-refractivity contribution in [2.24, 2.45) is 11.8 Å². The normalized spacial score (nSPS) is 31.7. The Morgan fingerprint density at radius 2 is 2.36 bits per heavy atom. The van der Waals surface area contributed by atoms with Crippen LogP contribution in [0.25, 0.3) is 0 Å². The van der Waals surface area contributed by atoms with Gasteiger partial charge in [-0.2, -0.15) is 0 Å². The zero-order valence-electron chi connectivity index (χ0n) is 8.01. The Morgan fingerprint density at radius 3 is 2.86 bits per heavy atom. The molecule has 0 aromatic carbocycles. The summed E-state index contributed by atoms with van der Waals surface area (Å²) in [6.07, 6.45) is 6.45. The highest BCUT2D eigenvalue weighted by Gasteiger charge is 2.35. The maximum atomic E-state index is 11.6. The average Bonchev–Trinajstić information content (AvgIpc) is 2.77. The van der Waals surface area contributed by atoms with Gasteiger partial charge in [0.15, 0.2) is 5.78 Å². The molecular formula is C11H14Cl2O. The molecule has 2 rings (SSSR count). The third kappa shape index (κ3) is 1.99. The monoisotopic (exact) mass is 232 g/mol. The zero-order chi connectivity index (χ0) is 10.1. The van der Waals surface area contributed by atoms with Crippen LogP contribution >= 0.6 is 23.2 Å². The Hall–Kier alpha value is -0.0100. The first-order valence-corrected chi connectivity index (χ1v) is 6.08. The number of hydrogen-bond acceptors (Lipinski definition) is 1. The molecule has 3 heteroatoms. The minimum atomic E-state index is -0.482. The SMILES string of the molecule is O=C(CC1CC2=CCC1C2)C(Cl)CCl. The molecule has 1 fully saturated rings. The van der Waals surface area contributed by atoms with Crippen molar-refractivity contribution < 1.29 is 4.79 Å². The molecule has 0 amide bonds. The number of allylic oxidation sites excluding steroid dienone is 2. The highest BCUT2D eigenvalue weighted by Crippen LogP contribution is 2.45. The van der Waals surface area contributed by atoms with Gasteiger partial charge in [-0.1, -0.05) is 11.6 Å². The van der Waals surface area contributed by atoms with Crippen molar-refractivity contribution in [2.75, 3.05) is 5.88 Å². The molecule has 3 atom stereocenters. The standard InChI is InChI=1S/C11H14Cl2O/c12-6-10(13)11(14)5-9-4-7-1-2-8(9)3-7/h1,8-10H,2-6H2. The van der Waals surface area contributed by atoms with Crippen LogP contribution in [0.1, 0.15) is 25.7 Å². The predicted octanol–water partition coefficient (Wildman–Crippen LogP) is 3.15. The molecule has 0 heterocycles. The number of alkyl halides is 2. The Balaban J connectivity index is 1.87. The van der Waals surface area contributed by atoms with Gasteiger partial charge >= 0.3 is 0 Å². The molecule has 78 valence electrons. The Labute approximate surface area is 94.5 Å². The van der Waals surface area contributed by atoms with E-state index in [1.807, 2.05) is 0 Å². The van der Waals surface area contributed by atoms with Gasteiger partial charge in [-0.25, -0.2) is 0 Å². The van der Waals surface area contributed by atoms with Crippen LogP contribution in [-0.2, 0) is 4.79 Å². The van der Waals surface area contributed by atoms with Crippen LogP contribution in [0.15, 0.2) is 11.6 Å². The van der Waals surface area contributed by atoms with E-state index in [2.05, 4.69) is 6.08 Å². The fraction of sp³-hybridized carbons (Fsp3) is 0.727. The van der Waals surface area contributed by atoms with Gasteiger partial charge in [-0.15, -0.1) is 23.2 Å². The second-order valence-corrected chi connectivity index (χ2v) is 5.15. The van der Waals surface area contributed by atoms with E-state index in [1.54, 1.807) is 5.57 Å². The highest BCUT2D eigenvalue weighted by molar-refractivity contribution is 6.36. The van der Waals surface area contributed by atoms with Gasteiger partial charge < -0.3 is 0 Å². The molecule has 0 aromatic rings. The maximum Gasteiger partial charge on any atom is 0.152 e. The molecule has 3 unspecified atom stereocenters. The molecule has 0 saturated heterocycles. The van der Waals surface area contributed by atoms with E-state index in [-0.39, 0.29) is 11.7 Å². The van der Waals surface area contributed by atoms with Crippen LogP contribution in [0.2, 0.25) is 0 Å². The first-order chi connectivity index (χ1) is 6.70. The minimum absolute atomic E-state index is 0.125. The van der Waals surface area contributed by atoms with E-state index in [0.717, 1.165) is 6.42 Å². The summed E-state index contributed by atoms with van der Waals surface area (Å²) in [5.74, 6) is 1.63. The van der Waals surface area contributed by atoms with Crippen molar-refractivity contribution in [3.63, 3.8) is 0 Å². The number of Topliss-reactive ketones (excluding diaryl/α,β-unsaturated/α-hetero) is 1. The lowest BCUT2D eigenvalue weighted by Gasteiger charge is -2.18. The number of ketones is 1. The van der Waals surface area contributed by atoms with Gasteiger partial charge in [0, 0.05) is 12.3 Å². The zero-order valence-corrected chi connectivity index (χ0v) is 9.52. The lowest BCUT2D eigenvalue weighted by atomic mass is 9.87. The van der Waals surface area contributed by atoms with Crippen molar-refractivity contribution >= 4 is 29.0 Å². The fourth-order valence-corrected chi connectivity index (χ4v) is 2.82. The van der Waals surface area contributed by atoms with Crippen LogP contribution in [0.4, 0.5) is 0 Å². The van der Waals surface area contributed by atoms with E-state index in [0.29, 0.717) is 18.3 Å². The van der Waals surface area contributed by atoms with E-state index >= 15 is 0 Å². The topological polar surface area (TPSA) is 17.1 Å². The van der Waals surface area contributed by atoms with E-state index in [9.17, 15) is 4.79 Å². The van der Waals surface area contributed by atoms with Crippen molar-refractivity contribution in [3.05, 3.63) is 11.6 Å². The average molecular weight is 233 g/mol. The number of carbonyl (C=O) groups is 1. The third-order valence-corrected chi connectivity index (χ3v) is 4.24. The Kier molecular flexibility index (Phi) is 3.18. The molecule has 2 aliphatic rings. The predicted molar refractivity (Wildman–Crippen MR) is 58.9 cm³/mol. The summed E-state index contributed by atoms with van der Waals surface area (Å²) >= 11 is 11.3. The first-order valence-electron chi connectivity index (χ1n) is 5.11. The molecule has 0 radical (unpaired) electrons. The summed E-state index contributed by atoms with van der Waals surface area (Å²) in [6.45, 7) is 0. The Morgan fingerprint density at radius 1 is 1.57 bits per heavy atom. The number of hydrogen-bond donors (Lipinski definition) is 0. The number of rotatable bonds is 4. The maximum absolute atomic E-state index is 11.6. The molecule has 1 saturated carbocycles. The molecule has 0 spiro atoms. The van der Waals surface area contributed by atoms with Gasteiger partial charge in [0.1, 0.15) is 5.38 Å². The molecular weight excluding hydrogens is 219 g/mol. The summed E-state index contributed by atoms with van der Waals surface area (Å²) in [7, 11) is 0. The van der Waals surface area contributed by atoms with Crippen molar-refractivity contribution in [2.45, 2.75) is 31.1 Å². The van der Waals surface area contributed by atoms with Gasteiger partial charge in [0.25, 0.3) is 0 Å². The van der Waals surface area contributed by atoms with E-state index in [1.165, 1.54) is 12.8 Å². The van der Waals surface area contributed by atoms with E-state index in [4.69, 9.17) is 23.2 Å². The molecule has 1 nitrogen and oxygen atoms in total. The molecule has 0 aromatic heterocycles. The molecule has 2 aliphatic carbocycles. The lowest BCUT2D eigenvalue weighted by Crippen LogP contribution is -2.21. The van der Waals surface area contributed by atoms with Crippen LogP contribution in [0.3, 0.4) is 0 Å². The third-order valence-electron chi connectivity index (χ3n) is 3.37. The summed E-state index contributed by atoms with van der Waals surface area (Å²) in [6, 6.07) is 0. The Bertz CT molecular complexity index is 272. The minimum Gasteiger partial charge on any atom is -0.298 e. The van der Waals surface area contributed by atoms with Gasteiger partial charge in [0.05, 0.1) is 0 Å². The number of fused-ring (bicyclic) bond motifs is 2. The number of halogens is 2. The summed E-state index contributed by atoms with van der Waals surface area (Å²) < 4.78 is 0. The van der Waals surface area contributed by atoms with Crippen LogP contribution in [0, 0.1) is 11.8 Å². The van der Waals surface area contributed by atoms with Crippen molar-refractivity contribution in [1.29, 1.82) is 0 Å². The van der Waals surface area contributed by atoms with Crippen LogP contribution in [-0.4, -0.2) is 17.0 Å². The largest absolute Gasteiger partial charge is 0.298 e. The summed E-state index contributed by atoms with van der Waals surface area (Å²) in [5.41, 5.74) is 1.55. The van der Waals surface area contributed by atoms with Crippen LogP contribution < -0.4 is 0 Å². The second-order valence-electron chi connectivity index (χ2n) is 4.32. The summed E-state index contributed by atoms with van der Waals surface area (Å²) in [5, 5.41) is -0.482. The fourth-order valence-electron chi connectivity index (χ4n) is 2.56. The van der Waals surface area contributed by atoms with Gasteiger partial charge in [-0.05, 0) is 31.1 Å². The molecule has 0 aliphatic heterocycles. The first kappa shape index (κ1) is 10.5. The quantitative estimate of drug-likeness (QED) is 0.538.